The number of ketones is 1. The van der Waals surface area contributed by atoms with Gasteiger partial charge in [-0.05, 0) is 30.4 Å². The van der Waals surface area contributed by atoms with Gasteiger partial charge in [-0.25, -0.2) is 4.39 Å². The van der Waals surface area contributed by atoms with Gasteiger partial charge in [0.2, 0.25) is 0 Å². The van der Waals surface area contributed by atoms with E-state index in [2.05, 4.69) is 0 Å². The molecule has 0 bridgehead atoms. The van der Waals surface area contributed by atoms with E-state index in [1.165, 1.54) is 6.07 Å². The van der Waals surface area contributed by atoms with Crippen LogP contribution in [0.25, 0.3) is 0 Å². The van der Waals surface area contributed by atoms with E-state index in [-0.39, 0.29) is 24.1 Å². The molecule has 2 rings (SSSR count). The zero-order valence-corrected chi connectivity index (χ0v) is 9.28. The van der Waals surface area contributed by atoms with Crippen molar-refractivity contribution in [3.8, 4) is 0 Å². The highest BCUT2D eigenvalue weighted by Crippen LogP contribution is 2.34. The molecule has 16 heavy (non-hydrogen) atoms. The first-order valence-corrected chi connectivity index (χ1v) is 5.51. The lowest BCUT2D eigenvalue weighted by molar-refractivity contribution is -0.129. The number of hydrogen-bond acceptors (Lipinski definition) is 2. The molecule has 0 spiro atoms. The van der Waals surface area contributed by atoms with Crippen molar-refractivity contribution in [1.82, 2.24) is 0 Å². The molecule has 2 nitrogen and oxygen atoms in total. The summed E-state index contributed by atoms with van der Waals surface area (Å²) < 4.78 is 18.5. The van der Waals surface area contributed by atoms with E-state index < -0.39 is 0 Å². The summed E-state index contributed by atoms with van der Waals surface area (Å²) in [6.07, 6.45) is 1.87. The van der Waals surface area contributed by atoms with Crippen LogP contribution < -0.4 is 0 Å². The molecule has 1 aliphatic carbocycles. The molecule has 1 fully saturated rings. The van der Waals surface area contributed by atoms with Crippen molar-refractivity contribution in [2.45, 2.75) is 25.4 Å². The van der Waals surface area contributed by atoms with Crippen molar-refractivity contribution in [3.05, 3.63) is 35.6 Å². The summed E-state index contributed by atoms with van der Waals surface area (Å²) in [7, 11) is 1.54. The Morgan fingerprint density at radius 1 is 1.50 bits per heavy atom. The molecule has 3 heteroatoms. The molecule has 1 saturated carbocycles. The van der Waals surface area contributed by atoms with Gasteiger partial charge in [0, 0.05) is 13.5 Å². The highest BCUT2D eigenvalue weighted by molar-refractivity contribution is 5.85. The number of rotatable bonds is 5. The van der Waals surface area contributed by atoms with Gasteiger partial charge >= 0.3 is 0 Å². The van der Waals surface area contributed by atoms with E-state index >= 15 is 0 Å². The van der Waals surface area contributed by atoms with Crippen LogP contribution in [0.3, 0.4) is 0 Å². The molecule has 1 aliphatic rings. The predicted octanol–water partition coefficient (Wildman–Crippen LogP) is 2.36. The van der Waals surface area contributed by atoms with Gasteiger partial charge in [-0.2, -0.15) is 0 Å². The van der Waals surface area contributed by atoms with Crippen molar-refractivity contribution < 1.29 is 13.9 Å². The van der Waals surface area contributed by atoms with E-state index in [0.717, 1.165) is 12.8 Å². The topological polar surface area (TPSA) is 26.3 Å². The summed E-state index contributed by atoms with van der Waals surface area (Å²) in [5.74, 6) is 0.0147. The number of carbonyl (C=O) groups excluding carboxylic acids is 1. The molecule has 0 aromatic heterocycles. The minimum absolute atomic E-state index is 0.0184. The fourth-order valence-corrected chi connectivity index (χ4v) is 1.92. The van der Waals surface area contributed by atoms with E-state index in [4.69, 9.17) is 4.74 Å². The number of carbonyl (C=O) groups is 1. The third-order valence-electron chi connectivity index (χ3n) is 2.94. The van der Waals surface area contributed by atoms with Crippen LogP contribution >= 0.6 is 0 Å². The van der Waals surface area contributed by atoms with Crippen molar-refractivity contribution in [3.63, 3.8) is 0 Å². The molecule has 0 aliphatic heterocycles. The molecule has 0 amide bonds. The molecule has 86 valence electrons. The van der Waals surface area contributed by atoms with Crippen LogP contribution in [-0.4, -0.2) is 19.0 Å². The lowest BCUT2D eigenvalue weighted by Crippen LogP contribution is -2.27. The van der Waals surface area contributed by atoms with Gasteiger partial charge in [0.1, 0.15) is 11.9 Å². The summed E-state index contributed by atoms with van der Waals surface area (Å²) in [5.41, 5.74) is 0.454. The molecule has 0 saturated heterocycles. The van der Waals surface area contributed by atoms with Gasteiger partial charge in [0.25, 0.3) is 0 Å². The standard InChI is InChI=1S/C13H15FO2/c1-16-13(9-6-7-9)12(15)8-10-4-2-3-5-11(10)14/h2-5,9,13H,6-8H2,1H3. The average Bonchev–Trinajstić information content (AvgIpc) is 3.07. The number of halogens is 1. The zero-order valence-electron chi connectivity index (χ0n) is 9.28. The van der Waals surface area contributed by atoms with Crippen LogP contribution in [0.15, 0.2) is 24.3 Å². The molecule has 1 unspecified atom stereocenters. The van der Waals surface area contributed by atoms with Crippen molar-refractivity contribution in [1.29, 1.82) is 0 Å². The van der Waals surface area contributed by atoms with Crippen LogP contribution in [-0.2, 0) is 16.0 Å². The molecular weight excluding hydrogens is 207 g/mol. The lowest BCUT2D eigenvalue weighted by Gasteiger charge is -2.13. The number of Topliss-reactive ketones (excluding diaryl/α,β-unsaturated/α-hetero) is 1. The Bertz CT molecular complexity index is 385. The highest BCUT2D eigenvalue weighted by Gasteiger charge is 2.36. The van der Waals surface area contributed by atoms with Crippen LogP contribution in [0.2, 0.25) is 0 Å². The summed E-state index contributed by atoms with van der Waals surface area (Å²) >= 11 is 0. The zero-order chi connectivity index (χ0) is 11.5. The average molecular weight is 222 g/mol. The van der Waals surface area contributed by atoms with E-state index in [1.54, 1.807) is 25.3 Å². The minimum atomic E-state index is -0.348. The SMILES string of the molecule is COC(C(=O)Cc1ccccc1F)C1CC1. The quantitative estimate of drug-likeness (QED) is 0.764. The fourth-order valence-electron chi connectivity index (χ4n) is 1.92. The van der Waals surface area contributed by atoms with Crippen molar-refractivity contribution in [2.75, 3.05) is 7.11 Å². The number of ether oxygens (including phenoxy) is 1. The molecule has 0 N–H and O–H groups in total. The Morgan fingerprint density at radius 2 is 2.19 bits per heavy atom. The fraction of sp³-hybridized carbons (Fsp3) is 0.462. The maximum absolute atomic E-state index is 13.3. The Balaban J connectivity index is 2.03. The molecular formula is C13H15FO2. The molecule has 1 atom stereocenters. The van der Waals surface area contributed by atoms with Gasteiger partial charge in [0.05, 0.1) is 0 Å². The first-order chi connectivity index (χ1) is 7.72. The largest absolute Gasteiger partial charge is 0.373 e. The first kappa shape index (κ1) is 11.3. The number of methoxy groups -OCH3 is 1. The summed E-state index contributed by atoms with van der Waals surface area (Å²) in [4.78, 5) is 11.9. The van der Waals surface area contributed by atoms with Gasteiger partial charge in [-0.3, -0.25) is 4.79 Å². The van der Waals surface area contributed by atoms with Gasteiger partial charge in [-0.1, -0.05) is 18.2 Å². The summed E-state index contributed by atoms with van der Waals surface area (Å²) in [6.45, 7) is 0. The second kappa shape index (κ2) is 4.74. The van der Waals surface area contributed by atoms with Crippen molar-refractivity contribution >= 4 is 5.78 Å². The first-order valence-electron chi connectivity index (χ1n) is 5.51. The van der Waals surface area contributed by atoms with Gasteiger partial charge < -0.3 is 4.74 Å². The number of benzene rings is 1. The monoisotopic (exact) mass is 222 g/mol. The van der Waals surface area contributed by atoms with Crippen molar-refractivity contribution in [2.24, 2.45) is 5.92 Å². The Morgan fingerprint density at radius 3 is 2.75 bits per heavy atom. The van der Waals surface area contributed by atoms with E-state index in [9.17, 15) is 9.18 Å². The molecule has 0 radical (unpaired) electrons. The second-order valence-corrected chi connectivity index (χ2v) is 4.23. The maximum Gasteiger partial charge on any atom is 0.166 e. The highest BCUT2D eigenvalue weighted by atomic mass is 19.1. The predicted molar refractivity (Wildman–Crippen MR) is 58.6 cm³/mol. The Hall–Kier alpha value is -1.22. The van der Waals surface area contributed by atoms with E-state index in [0.29, 0.717) is 11.5 Å². The van der Waals surface area contributed by atoms with Crippen LogP contribution in [0.4, 0.5) is 4.39 Å². The van der Waals surface area contributed by atoms with Gasteiger partial charge in [-0.15, -0.1) is 0 Å². The molecule has 0 heterocycles. The minimum Gasteiger partial charge on any atom is -0.373 e. The lowest BCUT2D eigenvalue weighted by atomic mass is 10.0. The third-order valence-corrected chi connectivity index (χ3v) is 2.94. The smallest absolute Gasteiger partial charge is 0.166 e. The van der Waals surface area contributed by atoms with Crippen LogP contribution in [0, 0.1) is 11.7 Å². The van der Waals surface area contributed by atoms with Crippen LogP contribution in [0.1, 0.15) is 18.4 Å². The van der Waals surface area contributed by atoms with Gasteiger partial charge in [0.15, 0.2) is 5.78 Å². The molecule has 1 aromatic rings. The third kappa shape index (κ3) is 2.47. The molecule has 1 aromatic carbocycles. The normalized spacial score (nSPS) is 17.1. The Labute approximate surface area is 94.4 Å². The maximum atomic E-state index is 13.3. The van der Waals surface area contributed by atoms with E-state index in [1.807, 2.05) is 0 Å². The summed E-state index contributed by atoms with van der Waals surface area (Å²) in [6, 6.07) is 6.39. The summed E-state index contributed by atoms with van der Waals surface area (Å²) in [5, 5.41) is 0. The number of hydrogen-bond donors (Lipinski definition) is 0. The Kier molecular flexibility index (Phi) is 3.34. The second-order valence-electron chi connectivity index (χ2n) is 4.23. The van der Waals surface area contributed by atoms with Crippen LogP contribution in [0.5, 0.6) is 0 Å².